The molecule has 2 fully saturated rings. The summed E-state index contributed by atoms with van der Waals surface area (Å²) >= 11 is 0. The standard InChI is InChI=1S/C18H27N3O/c22-17(20-9-4-12-21-13-10-19-11-14-21)18(7-8-18)15-16-5-2-1-3-6-16/h1-3,5-6,19H,4,7-15H2,(H,20,22). The minimum Gasteiger partial charge on any atom is -0.356 e. The lowest BCUT2D eigenvalue weighted by molar-refractivity contribution is -0.126. The van der Waals surface area contributed by atoms with Gasteiger partial charge in [-0.05, 0) is 37.8 Å². The van der Waals surface area contributed by atoms with Crippen LogP contribution in [0.5, 0.6) is 0 Å². The topological polar surface area (TPSA) is 44.4 Å². The molecule has 0 bridgehead atoms. The summed E-state index contributed by atoms with van der Waals surface area (Å²) in [4.78, 5) is 14.9. The molecule has 1 amide bonds. The van der Waals surface area contributed by atoms with Gasteiger partial charge in [0.25, 0.3) is 0 Å². The molecule has 1 saturated heterocycles. The van der Waals surface area contributed by atoms with Gasteiger partial charge in [-0.1, -0.05) is 30.3 Å². The van der Waals surface area contributed by atoms with E-state index in [1.165, 1.54) is 5.56 Å². The summed E-state index contributed by atoms with van der Waals surface area (Å²) in [5, 5.41) is 6.53. The summed E-state index contributed by atoms with van der Waals surface area (Å²) in [7, 11) is 0. The van der Waals surface area contributed by atoms with Gasteiger partial charge in [-0.2, -0.15) is 0 Å². The minimum atomic E-state index is -0.115. The fraction of sp³-hybridized carbons (Fsp3) is 0.611. The van der Waals surface area contributed by atoms with Crippen molar-refractivity contribution in [3.05, 3.63) is 35.9 Å². The predicted molar refractivity (Wildman–Crippen MR) is 88.7 cm³/mol. The molecule has 1 saturated carbocycles. The molecular weight excluding hydrogens is 274 g/mol. The monoisotopic (exact) mass is 301 g/mol. The zero-order valence-electron chi connectivity index (χ0n) is 13.3. The number of carbonyl (C=O) groups excluding carboxylic acids is 1. The molecule has 1 aromatic rings. The molecule has 0 atom stereocenters. The van der Waals surface area contributed by atoms with Gasteiger partial charge in [-0.25, -0.2) is 0 Å². The van der Waals surface area contributed by atoms with Gasteiger partial charge in [0.1, 0.15) is 0 Å². The van der Waals surface area contributed by atoms with Gasteiger partial charge in [0, 0.05) is 32.7 Å². The number of hydrogen-bond acceptors (Lipinski definition) is 3. The van der Waals surface area contributed by atoms with Crippen LogP contribution in [-0.2, 0) is 11.2 Å². The summed E-state index contributed by atoms with van der Waals surface area (Å²) in [5.74, 6) is 0.261. The van der Waals surface area contributed by atoms with E-state index in [2.05, 4.69) is 39.8 Å². The van der Waals surface area contributed by atoms with E-state index in [9.17, 15) is 4.79 Å². The summed E-state index contributed by atoms with van der Waals surface area (Å²) in [6.07, 6.45) is 4.00. The molecule has 0 radical (unpaired) electrons. The summed E-state index contributed by atoms with van der Waals surface area (Å²) in [6, 6.07) is 10.4. The molecular formula is C18H27N3O. The van der Waals surface area contributed by atoms with Crippen LogP contribution in [0, 0.1) is 5.41 Å². The number of rotatable bonds is 7. The molecule has 1 heterocycles. The summed E-state index contributed by atoms with van der Waals surface area (Å²) in [5.41, 5.74) is 1.16. The van der Waals surface area contributed by atoms with Crippen molar-refractivity contribution in [3.63, 3.8) is 0 Å². The van der Waals surface area contributed by atoms with Gasteiger partial charge in [-0.3, -0.25) is 4.79 Å². The number of piperazine rings is 1. The number of nitrogens with zero attached hydrogens (tertiary/aromatic N) is 1. The maximum Gasteiger partial charge on any atom is 0.226 e. The molecule has 120 valence electrons. The molecule has 0 unspecified atom stereocenters. The van der Waals surface area contributed by atoms with E-state index >= 15 is 0 Å². The average molecular weight is 301 g/mol. The highest BCUT2D eigenvalue weighted by Crippen LogP contribution is 2.48. The van der Waals surface area contributed by atoms with Crippen LogP contribution >= 0.6 is 0 Å². The molecule has 3 rings (SSSR count). The second kappa shape index (κ2) is 7.25. The average Bonchev–Trinajstić information content (AvgIpc) is 3.34. The molecule has 1 aliphatic heterocycles. The van der Waals surface area contributed by atoms with Gasteiger partial charge in [0.2, 0.25) is 5.91 Å². The molecule has 0 aromatic heterocycles. The molecule has 22 heavy (non-hydrogen) atoms. The van der Waals surface area contributed by atoms with Crippen molar-refractivity contribution in [1.29, 1.82) is 0 Å². The maximum absolute atomic E-state index is 12.4. The first-order valence-electron chi connectivity index (χ1n) is 8.54. The van der Waals surface area contributed by atoms with Crippen LogP contribution < -0.4 is 10.6 Å². The van der Waals surface area contributed by atoms with Crippen molar-refractivity contribution in [2.75, 3.05) is 39.3 Å². The summed E-state index contributed by atoms with van der Waals surface area (Å²) in [6.45, 7) is 6.34. The van der Waals surface area contributed by atoms with Crippen molar-refractivity contribution in [3.8, 4) is 0 Å². The zero-order chi connectivity index (χ0) is 15.3. The third kappa shape index (κ3) is 4.08. The minimum absolute atomic E-state index is 0.115. The zero-order valence-corrected chi connectivity index (χ0v) is 13.3. The Morgan fingerprint density at radius 3 is 2.59 bits per heavy atom. The SMILES string of the molecule is O=C(NCCCN1CCNCC1)C1(Cc2ccccc2)CC1. The van der Waals surface area contributed by atoms with Gasteiger partial charge < -0.3 is 15.5 Å². The van der Waals surface area contributed by atoms with Gasteiger partial charge >= 0.3 is 0 Å². The third-order valence-corrected chi connectivity index (χ3v) is 4.87. The second-order valence-electron chi connectivity index (χ2n) is 6.64. The number of hydrogen-bond donors (Lipinski definition) is 2. The number of carbonyl (C=O) groups is 1. The van der Waals surface area contributed by atoms with Crippen LogP contribution in [0.3, 0.4) is 0 Å². The lowest BCUT2D eigenvalue weighted by Crippen LogP contribution is -2.44. The van der Waals surface area contributed by atoms with Gasteiger partial charge in [0.05, 0.1) is 5.41 Å². The van der Waals surface area contributed by atoms with Gasteiger partial charge in [0.15, 0.2) is 0 Å². The van der Waals surface area contributed by atoms with Crippen LogP contribution in [0.25, 0.3) is 0 Å². The second-order valence-corrected chi connectivity index (χ2v) is 6.64. The third-order valence-electron chi connectivity index (χ3n) is 4.87. The van der Waals surface area contributed by atoms with E-state index in [1.807, 2.05) is 6.07 Å². The first-order valence-corrected chi connectivity index (χ1v) is 8.54. The summed E-state index contributed by atoms with van der Waals surface area (Å²) < 4.78 is 0. The van der Waals surface area contributed by atoms with Crippen LogP contribution in [0.4, 0.5) is 0 Å². The van der Waals surface area contributed by atoms with Crippen molar-refractivity contribution < 1.29 is 4.79 Å². The van der Waals surface area contributed by atoms with E-state index < -0.39 is 0 Å². The quantitative estimate of drug-likeness (QED) is 0.749. The first kappa shape index (κ1) is 15.5. The fourth-order valence-electron chi connectivity index (χ4n) is 3.25. The molecule has 1 aromatic carbocycles. The fourth-order valence-corrected chi connectivity index (χ4v) is 3.25. The highest BCUT2D eigenvalue weighted by Gasteiger charge is 2.49. The Hall–Kier alpha value is -1.39. The first-order chi connectivity index (χ1) is 10.8. The largest absolute Gasteiger partial charge is 0.356 e. The highest BCUT2D eigenvalue weighted by molar-refractivity contribution is 5.85. The van der Waals surface area contributed by atoms with Gasteiger partial charge in [-0.15, -0.1) is 0 Å². The van der Waals surface area contributed by atoms with E-state index in [4.69, 9.17) is 0 Å². The van der Waals surface area contributed by atoms with Crippen LogP contribution in [0.1, 0.15) is 24.8 Å². The smallest absolute Gasteiger partial charge is 0.226 e. The van der Waals surface area contributed by atoms with Crippen molar-refractivity contribution in [2.24, 2.45) is 5.41 Å². The van der Waals surface area contributed by atoms with Crippen molar-refractivity contribution in [1.82, 2.24) is 15.5 Å². The number of amides is 1. The number of benzene rings is 1. The Morgan fingerprint density at radius 2 is 1.91 bits per heavy atom. The predicted octanol–water partition coefficient (Wildman–Crippen LogP) is 1.42. The van der Waals surface area contributed by atoms with Crippen LogP contribution in [0.2, 0.25) is 0 Å². The molecule has 2 N–H and O–H groups in total. The Balaban J connectivity index is 1.38. The molecule has 4 heteroatoms. The number of nitrogens with one attached hydrogen (secondary N) is 2. The normalized spacial score (nSPS) is 20.5. The molecule has 2 aliphatic rings. The lowest BCUT2D eigenvalue weighted by Gasteiger charge is -2.27. The Labute approximate surface area is 133 Å². The Morgan fingerprint density at radius 1 is 1.18 bits per heavy atom. The van der Waals surface area contributed by atoms with E-state index in [-0.39, 0.29) is 11.3 Å². The van der Waals surface area contributed by atoms with E-state index in [0.717, 1.165) is 65.0 Å². The Bertz CT molecular complexity index is 478. The van der Waals surface area contributed by atoms with E-state index in [1.54, 1.807) is 0 Å². The van der Waals surface area contributed by atoms with E-state index in [0.29, 0.717) is 0 Å². The highest BCUT2D eigenvalue weighted by atomic mass is 16.2. The Kier molecular flexibility index (Phi) is 5.11. The maximum atomic E-state index is 12.4. The van der Waals surface area contributed by atoms with Crippen LogP contribution in [0.15, 0.2) is 30.3 Å². The van der Waals surface area contributed by atoms with Crippen molar-refractivity contribution >= 4 is 5.91 Å². The lowest BCUT2D eigenvalue weighted by atomic mass is 9.95. The molecule has 1 aliphatic carbocycles. The van der Waals surface area contributed by atoms with Crippen LogP contribution in [-0.4, -0.2) is 50.1 Å². The van der Waals surface area contributed by atoms with Crippen molar-refractivity contribution in [2.45, 2.75) is 25.7 Å². The molecule has 4 nitrogen and oxygen atoms in total. The molecule has 0 spiro atoms.